The lowest BCUT2D eigenvalue weighted by molar-refractivity contribution is 0.0967. The van der Waals surface area contributed by atoms with Gasteiger partial charge in [0, 0.05) is 10.1 Å². The van der Waals surface area contributed by atoms with Crippen molar-refractivity contribution in [2.24, 2.45) is 0 Å². The van der Waals surface area contributed by atoms with Crippen LogP contribution in [-0.4, -0.2) is 5.91 Å². The Morgan fingerprint density at radius 3 is 2.64 bits per heavy atom. The van der Waals surface area contributed by atoms with Crippen LogP contribution in [0.4, 0.5) is 5.69 Å². The lowest BCUT2D eigenvalue weighted by Gasteiger charge is -2.11. The fraction of sp³-hybridized carbons (Fsp3) is 0.118. The number of nitrogens with one attached hydrogen (secondary N) is 2. The summed E-state index contributed by atoms with van der Waals surface area (Å²) in [6.07, 6.45) is 0. The third-order valence-corrected chi connectivity index (χ3v) is 5.11. The largest absolute Gasteiger partial charge is 0.298 e. The number of hydrogen-bond acceptors (Lipinski definition) is 3. The molecule has 0 radical (unpaired) electrons. The maximum Gasteiger partial charge on any atom is 0.281 e. The Kier molecular flexibility index (Phi) is 4.05. The van der Waals surface area contributed by atoms with Crippen LogP contribution in [0, 0.1) is 13.8 Å². The molecule has 2 N–H and O–H groups in total. The zero-order chi connectivity index (χ0) is 15.7. The van der Waals surface area contributed by atoms with E-state index in [0.717, 1.165) is 21.3 Å². The molecule has 1 heterocycles. The number of rotatable bonds is 3. The normalized spacial score (nSPS) is 10.7. The first kappa shape index (κ1) is 14.9. The molecule has 5 heteroatoms. The summed E-state index contributed by atoms with van der Waals surface area (Å²) in [6, 6.07) is 13.7. The lowest BCUT2D eigenvalue weighted by atomic mass is 10.1. The number of hydrazine groups is 1. The van der Waals surface area contributed by atoms with Crippen LogP contribution < -0.4 is 10.9 Å². The highest BCUT2D eigenvalue weighted by Crippen LogP contribution is 2.34. The Bertz CT molecular complexity index is 857. The van der Waals surface area contributed by atoms with E-state index in [-0.39, 0.29) is 5.91 Å². The van der Waals surface area contributed by atoms with Crippen molar-refractivity contribution in [3.63, 3.8) is 0 Å². The number of carbonyl (C=O) groups excluding carboxylic acids is 1. The predicted molar refractivity (Wildman–Crippen MR) is 93.8 cm³/mol. The minimum atomic E-state index is -0.230. The molecule has 0 unspecified atom stereocenters. The molecule has 3 aromatic rings. The summed E-state index contributed by atoms with van der Waals surface area (Å²) >= 11 is 7.70. The van der Waals surface area contributed by atoms with Crippen LogP contribution in [-0.2, 0) is 0 Å². The van der Waals surface area contributed by atoms with Crippen LogP contribution in [0.25, 0.3) is 10.1 Å². The lowest BCUT2D eigenvalue weighted by Crippen LogP contribution is -2.29. The molecule has 0 fully saturated rings. The first-order chi connectivity index (χ1) is 10.6. The van der Waals surface area contributed by atoms with Gasteiger partial charge in [-0.3, -0.25) is 15.6 Å². The Balaban J connectivity index is 1.80. The van der Waals surface area contributed by atoms with Gasteiger partial charge in [0.15, 0.2) is 0 Å². The molecule has 0 spiro atoms. The predicted octanol–water partition coefficient (Wildman–Crippen LogP) is 4.93. The average Bonchev–Trinajstić information content (AvgIpc) is 2.84. The number of hydrogen-bond donors (Lipinski definition) is 2. The van der Waals surface area contributed by atoms with Crippen LogP contribution in [0.3, 0.4) is 0 Å². The third-order valence-electron chi connectivity index (χ3n) is 3.43. The highest BCUT2D eigenvalue weighted by atomic mass is 35.5. The topological polar surface area (TPSA) is 41.1 Å². The van der Waals surface area contributed by atoms with E-state index in [2.05, 4.69) is 16.9 Å². The summed E-state index contributed by atoms with van der Waals surface area (Å²) < 4.78 is 1.00. The quantitative estimate of drug-likeness (QED) is 0.669. The third kappa shape index (κ3) is 2.80. The zero-order valence-corrected chi connectivity index (χ0v) is 13.8. The molecule has 0 aliphatic heterocycles. The van der Waals surface area contributed by atoms with Gasteiger partial charge in [-0.1, -0.05) is 47.5 Å². The van der Waals surface area contributed by atoms with E-state index in [0.29, 0.717) is 9.90 Å². The Morgan fingerprint density at radius 1 is 1.14 bits per heavy atom. The van der Waals surface area contributed by atoms with Crippen LogP contribution in [0.15, 0.2) is 42.5 Å². The van der Waals surface area contributed by atoms with E-state index in [1.165, 1.54) is 16.9 Å². The van der Waals surface area contributed by atoms with E-state index in [1.54, 1.807) is 0 Å². The second-order valence-electron chi connectivity index (χ2n) is 5.14. The van der Waals surface area contributed by atoms with Crippen LogP contribution in [0.1, 0.15) is 20.8 Å². The summed E-state index contributed by atoms with van der Waals surface area (Å²) in [4.78, 5) is 12.9. The van der Waals surface area contributed by atoms with E-state index >= 15 is 0 Å². The van der Waals surface area contributed by atoms with Crippen molar-refractivity contribution < 1.29 is 4.79 Å². The molecule has 0 aliphatic carbocycles. The van der Waals surface area contributed by atoms with Gasteiger partial charge in [0.05, 0.1) is 10.7 Å². The highest BCUT2D eigenvalue weighted by Gasteiger charge is 2.16. The van der Waals surface area contributed by atoms with Gasteiger partial charge < -0.3 is 0 Å². The van der Waals surface area contributed by atoms with E-state index in [9.17, 15) is 4.79 Å². The van der Waals surface area contributed by atoms with Crippen molar-refractivity contribution >= 4 is 44.6 Å². The first-order valence-electron chi connectivity index (χ1n) is 6.87. The molecule has 0 atom stereocenters. The van der Waals surface area contributed by atoms with Crippen LogP contribution >= 0.6 is 22.9 Å². The van der Waals surface area contributed by atoms with Crippen LogP contribution in [0.5, 0.6) is 0 Å². The summed E-state index contributed by atoms with van der Waals surface area (Å²) in [5.41, 5.74) is 8.80. The smallest absolute Gasteiger partial charge is 0.281 e. The summed E-state index contributed by atoms with van der Waals surface area (Å²) in [5.74, 6) is -0.230. The number of fused-ring (bicyclic) bond motifs is 1. The minimum Gasteiger partial charge on any atom is -0.298 e. The molecule has 0 saturated heterocycles. The molecule has 1 amide bonds. The van der Waals surface area contributed by atoms with E-state index < -0.39 is 0 Å². The van der Waals surface area contributed by atoms with Crippen LogP contribution in [0.2, 0.25) is 5.02 Å². The second kappa shape index (κ2) is 5.99. The fourth-order valence-corrected chi connectivity index (χ4v) is 3.71. The SMILES string of the molecule is Cc1ccc(NNC(=O)c2sc3ccccc3c2Cl)c(C)c1. The summed E-state index contributed by atoms with van der Waals surface area (Å²) in [6.45, 7) is 4.03. The van der Waals surface area contributed by atoms with Gasteiger partial charge in [0.25, 0.3) is 5.91 Å². The zero-order valence-electron chi connectivity index (χ0n) is 12.2. The number of halogens is 1. The van der Waals surface area contributed by atoms with Crippen molar-refractivity contribution in [2.45, 2.75) is 13.8 Å². The second-order valence-corrected chi connectivity index (χ2v) is 6.57. The van der Waals surface area contributed by atoms with Crippen molar-refractivity contribution in [2.75, 3.05) is 5.43 Å². The monoisotopic (exact) mass is 330 g/mol. The van der Waals surface area contributed by atoms with Crippen molar-refractivity contribution in [3.8, 4) is 0 Å². The maximum atomic E-state index is 12.3. The molecule has 0 aliphatic rings. The summed E-state index contributed by atoms with van der Waals surface area (Å²) in [7, 11) is 0. The van der Waals surface area contributed by atoms with Gasteiger partial charge in [-0.05, 0) is 31.5 Å². The number of carbonyl (C=O) groups is 1. The van der Waals surface area contributed by atoms with E-state index in [1.807, 2.05) is 50.2 Å². The molecular weight excluding hydrogens is 316 g/mol. The van der Waals surface area contributed by atoms with Crippen molar-refractivity contribution in [1.29, 1.82) is 0 Å². The summed E-state index contributed by atoms with van der Waals surface area (Å²) in [5, 5.41) is 1.41. The molecule has 22 heavy (non-hydrogen) atoms. The molecule has 2 aromatic carbocycles. The number of thiophene rings is 1. The standard InChI is InChI=1S/C17H15ClN2OS/c1-10-7-8-13(11(2)9-10)19-20-17(21)16-15(18)12-5-3-4-6-14(12)22-16/h3-9,19H,1-2H3,(H,20,21). The average molecular weight is 331 g/mol. The van der Waals surface area contributed by atoms with Gasteiger partial charge in [-0.25, -0.2) is 0 Å². The molecule has 1 aromatic heterocycles. The van der Waals surface area contributed by atoms with Gasteiger partial charge in [-0.15, -0.1) is 11.3 Å². The number of anilines is 1. The van der Waals surface area contributed by atoms with Gasteiger partial charge in [0.2, 0.25) is 0 Å². The highest BCUT2D eigenvalue weighted by molar-refractivity contribution is 7.21. The maximum absolute atomic E-state index is 12.3. The van der Waals surface area contributed by atoms with Gasteiger partial charge in [0.1, 0.15) is 4.88 Å². The number of aryl methyl sites for hydroxylation is 2. The molecule has 3 nitrogen and oxygen atoms in total. The van der Waals surface area contributed by atoms with Gasteiger partial charge >= 0.3 is 0 Å². The molecule has 112 valence electrons. The Hall–Kier alpha value is -2.04. The first-order valence-corrected chi connectivity index (χ1v) is 8.06. The van der Waals surface area contributed by atoms with Gasteiger partial charge in [-0.2, -0.15) is 0 Å². The number of benzene rings is 2. The molecular formula is C17H15ClN2OS. The molecule has 0 saturated carbocycles. The minimum absolute atomic E-state index is 0.230. The Morgan fingerprint density at radius 2 is 1.91 bits per heavy atom. The molecule has 0 bridgehead atoms. The van der Waals surface area contributed by atoms with Crippen molar-refractivity contribution in [3.05, 3.63) is 63.5 Å². The number of amides is 1. The van der Waals surface area contributed by atoms with Crippen molar-refractivity contribution in [1.82, 2.24) is 5.43 Å². The van der Waals surface area contributed by atoms with E-state index in [4.69, 9.17) is 11.6 Å². The molecule has 3 rings (SSSR count). The fourth-order valence-electron chi connectivity index (χ4n) is 2.29. The Labute approximate surface area is 137 Å².